The topological polar surface area (TPSA) is 59.6 Å². The Morgan fingerprint density at radius 3 is 2.38 bits per heavy atom. The molecule has 1 amide bonds. The summed E-state index contributed by atoms with van der Waals surface area (Å²) in [4.78, 5) is 12.9. The molecule has 0 bridgehead atoms. The van der Waals surface area contributed by atoms with Gasteiger partial charge in [-0.25, -0.2) is 0 Å². The van der Waals surface area contributed by atoms with Gasteiger partial charge in [0.05, 0.1) is 7.11 Å². The van der Waals surface area contributed by atoms with Crippen LogP contribution in [-0.2, 0) is 14.9 Å². The number of methoxy groups -OCH3 is 2. The van der Waals surface area contributed by atoms with Crippen LogP contribution in [0.15, 0.2) is 24.3 Å². The van der Waals surface area contributed by atoms with E-state index in [4.69, 9.17) is 9.47 Å². The van der Waals surface area contributed by atoms with Gasteiger partial charge in [0.1, 0.15) is 11.4 Å². The molecule has 26 heavy (non-hydrogen) atoms. The Morgan fingerprint density at radius 2 is 1.77 bits per heavy atom. The van der Waals surface area contributed by atoms with E-state index in [-0.39, 0.29) is 23.7 Å². The van der Waals surface area contributed by atoms with Crippen LogP contribution >= 0.6 is 12.4 Å². The number of benzene rings is 1. The maximum absolute atomic E-state index is 12.9. The molecule has 6 heteroatoms. The Kier molecular flexibility index (Phi) is 7.33. The van der Waals surface area contributed by atoms with E-state index in [1.807, 2.05) is 12.1 Å². The second-order valence-corrected chi connectivity index (χ2v) is 7.32. The molecule has 1 aromatic rings. The molecule has 5 nitrogen and oxygen atoms in total. The molecule has 0 spiro atoms. The summed E-state index contributed by atoms with van der Waals surface area (Å²) in [6.45, 7) is 2.28. The fourth-order valence-electron chi connectivity index (χ4n) is 4.44. The first-order valence-corrected chi connectivity index (χ1v) is 9.33. The smallest absolute Gasteiger partial charge is 0.252 e. The first-order chi connectivity index (χ1) is 12.2. The van der Waals surface area contributed by atoms with Gasteiger partial charge < -0.3 is 20.1 Å². The lowest BCUT2D eigenvalue weighted by atomic mass is 9.78. The molecular weight excluding hydrogens is 352 g/mol. The third-order valence-electron chi connectivity index (χ3n) is 6.04. The van der Waals surface area contributed by atoms with Crippen molar-refractivity contribution in [3.8, 4) is 5.75 Å². The largest absolute Gasteiger partial charge is 0.496 e. The summed E-state index contributed by atoms with van der Waals surface area (Å²) in [5.41, 5.74) is 0.489. The molecule has 0 unspecified atom stereocenters. The van der Waals surface area contributed by atoms with Crippen molar-refractivity contribution in [2.45, 2.75) is 49.5 Å². The lowest BCUT2D eigenvalue weighted by Crippen LogP contribution is -2.55. The SMILES string of the molecule is COc1ccccc1C1(CNC(=O)C2(OC)CCNCC2)CCCC1.Cl. The lowest BCUT2D eigenvalue weighted by Gasteiger charge is -2.37. The summed E-state index contributed by atoms with van der Waals surface area (Å²) < 4.78 is 11.3. The molecule has 0 aromatic heterocycles. The quantitative estimate of drug-likeness (QED) is 0.794. The third kappa shape index (κ3) is 4.00. The van der Waals surface area contributed by atoms with Gasteiger partial charge in [-0.1, -0.05) is 31.0 Å². The van der Waals surface area contributed by atoms with E-state index in [0.29, 0.717) is 6.54 Å². The number of ether oxygens (including phenoxy) is 2. The fraction of sp³-hybridized carbons (Fsp3) is 0.650. The molecule has 0 atom stereocenters. The predicted molar refractivity (Wildman–Crippen MR) is 105 cm³/mol. The molecule has 2 aliphatic rings. The maximum atomic E-state index is 12.9. The number of carbonyl (C=O) groups excluding carboxylic acids is 1. The van der Waals surface area contributed by atoms with Crippen molar-refractivity contribution in [1.82, 2.24) is 10.6 Å². The van der Waals surface area contributed by atoms with Crippen molar-refractivity contribution < 1.29 is 14.3 Å². The summed E-state index contributed by atoms with van der Waals surface area (Å²) >= 11 is 0. The highest BCUT2D eigenvalue weighted by atomic mass is 35.5. The maximum Gasteiger partial charge on any atom is 0.252 e. The van der Waals surface area contributed by atoms with Crippen molar-refractivity contribution in [3.05, 3.63) is 29.8 Å². The van der Waals surface area contributed by atoms with Crippen LogP contribution in [0.5, 0.6) is 5.75 Å². The zero-order valence-electron chi connectivity index (χ0n) is 15.8. The molecule has 3 rings (SSSR count). The number of halogens is 1. The minimum absolute atomic E-state index is 0. The number of nitrogens with one attached hydrogen (secondary N) is 2. The van der Waals surface area contributed by atoms with E-state index >= 15 is 0 Å². The van der Waals surface area contributed by atoms with E-state index in [9.17, 15) is 4.79 Å². The Labute approximate surface area is 162 Å². The number of rotatable bonds is 6. The number of para-hydroxylation sites is 1. The molecule has 2 N–H and O–H groups in total. The minimum Gasteiger partial charge on any atom is -0.496 e. The molecular formula is C20H31ClN2O3. The third-order valence-corrected chi connectivity index (χ3v) is 6.04. The molecule has 2 fully saturated rings. The molecule has 0 radical (unpaired) electrons. The van der Waals surface area contributed by atoms with E-state index in [0.717, 1.165) is 44.5 Å². The van der Waals surface area contributed by atoms with E-state index in [2.05, 4.69) is 22.8 Å². The van der Waals surface area contributed by atoms with Crippen molar-refractivity contribution in [3.63, 3.8) is 0 Å². The highest BCUT2D eigenvalue weighted by Gasteiger charge is 2.43. The second-order valence-electron chi connectivity index (χ2n) is 7.32. The van der Waals surface area contributed by atoms with Crippen LogP contribution in [0.3, 0.4) is 0 Å². The van der Waals surface area contributed by atoms with Crippen molar-refractivity contribution in [2.24, 2.45) is 0 Å². The van der Waals surface area contributed by atoms with Gasteiger partial charge in [-0.3, -0.25) is 4.79 Å². The van der Waals surface area contributed by atoms with Gasteiger partial charge in [-0.2, -0.15) is 0 Å². The van der Waals surface area contributed by atoms with Gasteiger partial charge in [-0.15, -0.1) is 12.4 Å². The van der Waals surface area contributed by atoms with Crippen LogP contribution in [0, 0.1) is 0 Å². The highest BCUT2D eigenvalue weighted by molar-refractivity contribution is 5.85. The van der Waals surface area contributed by atoms with Crippen LogP contribution in [-0.4, -0.2) is 45.4 Å². The summed E-state index contributed by atoms with van der Waals surface area (Å²) in [5, 5.41) is 6.53. The average molecular weight is 383 g/mol. The molecule has 1 heterocycles. The molecule has 1 aliphatic carbocycles. The summed E-state index contributed by atoms with van der Waals surface area (Å²) in [6.07, 6.45) is 5.97. The van der Waals surface area contributed by atoms with Crippen molar-refractivity contribution in [1.29, 1.82) is 0 Å². The molecule has 1 aromatic carbocycles. The summed E-state index contributed by atoms with van der Waals surface area (Å²) in [5.74, 6) is 0.944. The fourth-order valence-corrected chi connectivity index (χ4v) is 4.44. The number of piperidine rings is 1. The zero-order valence-corrected chi connectivity index (χ0v) is 16.6. The zero-order chi connectivity index (χ0) is 17.8. The second kappa shape index (κ2) is 9.07. The average Bonchev–Trinajstić information content (AvgIpc) is 3.16. The van der Waals surface area contributed by atoms with Crippen LogP contribution < -0.4 is 15.4 Å². The van der Waals surface area contributed by atoms with Crippen LogP contribution in [0.1, 0.15) is 44.1 Å². The van der Waals surface area contributed by atoms with Crippen molar-refractivity contribution >= 4 is 18.3 Å². The van der Waals surface area contributed by atoms with Gasteiger partial charge in [-0.05, 0) is 44.8 Å². The molecule has 1 saturated carbocycles. The van der Waals surface area contributed by atoms with Gasteiger partial charge >= 0.3 is 0 Å². The first-order valence-electron chi connectivity index (χ1n) is 9.33. The van der Waals surface area contributed by atoms with Crippen LogP contribution in [0.4, 0.5) is 0 Å². The molecule has 1 saturated heterocycles. The normalized spacial score (nSPS) is 20.8. The predicted octanol–water partition coefficient (Wildman–Crippen LogP) is 2.81. The Bertz CT molecular complexity index is 596. The van der Waals surface area contributed by atoms with E-state index in [1.54, 1.807) is 14.2 Å². The van der Waals surface area contributed by atoms with Gasteiger partial charge in [0.2, 0.25) is 0 Å². The van der Waals surface area contributed by atoms with Gasteiger partial charge in [0.25, 0.3) is 5.91 Å². The molecule has 1 aliphatic heterocycles. The first kappa shape index (κ1) is 21.0. The Morgan fingerprint density at radius 1 is 1.12 bits per heavy atom. The minimum atomic E-state index is -0.689. The summed E-state index contributed by atoms with van der Waals surface area (Å²) in [6, 6.07) is 8.22. The number of carbonyl (C=O) groups is 1. The van der Waals surface area contributed by atoms with E-state index in [1.165, 1.54) is 18.4 Å². The van der Waals surface area contributed by atoms with Crippen LogP contribution in [0.2, 0.25) is 0 Å². The summed E-state index contributed by atoms with van der Waals surface area (Å²) in [7, 11) is 3.37. The molecule has 146 valence electrons. The van der Waals surface area contributed by atoms with Crippen molar-refractivity contribution in [2.75, 3.05) is 33.9 Å². The number of hydrogen-bond acceptors (Lipinski definition) is 4. The number of hydrogen-bond donors (Lipinski definition) is 2. The monoisotopic (exact) mass is 382 g/mol. The van der Waals surface area contributed by atoms with Gasteiger partial charge in [0.15, 0.2) is 0 Å². The van der Waals surface area contributed by atoms with Gasteiger partial charge in [0, 0.05) is 24.6 Å². The van der Waals surface area contributed by atoms with E-state index < -0.39 is 5.60 Å². The number of amides is 1. The standard InChI is InChI=1S/C20H30N2O3.ClH/c1-24-17-8-4-3-7-16(17)19(9-5-6-10-19)15-22-18(23)20(25-2)11-13-21-14-12-20;/h3-4,7-8,21H,5-6,9-15H2,1-2H3,(H,22,23);1H. The Balaban J connectivity index is 0.00000243. The highest BCUT2D eigenvalue weighted by Crippen LogP contribution is 2.44. The lowest BCUT2D eigenvalue weighted by molar-refractivity contribution is -0.147. The Hall–Kier alpha value is -1.30. The van der Waals surface area contributed by atoms with Crippen LogP contribution in [0.25, 0.3) is 0 Å².